The Kier molecular flexibility index (Phi) is 4.37. The van der Waals surface area contributed by atoms with Gasteiger partial charge in [0.25, 0.3) is 0 Å². The fraction of sp³-hybridized carbons (Fsp3) is 0.727. The molecule has 4 heteroatoms. The van der Waals surface area contributed by atoms with Crippen molar-refractivity contribution in [3.63, 3.8) is 0 Å². The van der Waals surface area contributed by atoms with Crippen LogP contribution in [0.2, 0.25) is 0 Å². The van der Waals surface area contributed by atoms with Crippen LogP contribution < -0.4 is 5.32 Å². The number of hydrogen-bond acceptors (Lipinski definition) is 2. The Morgan fingerprint density at radius 1 is 1.53 bits per heavy atom. The van der Waals surface area contributed by atoms with Crippen LogP contribution in [0, 0.1) is 0 Å². The number of amides is 2. The van der Waals surface area contributed by atoms with Crippen LogP contribution in [0.1, 0.15) is 39.5 Å². The highest BCUT2D eigenvalue weighted by Crippen LogP contribution is 2.19. The fourth-order valence-corrected chi connectivity index (χ4v) is 1.96. The molecule has 0 aromatic rings. The summed E-state index contributed by atoms with van der Waals surface area (Å²) in [5.74, 6) is 1.67. The molecule has 0 aromatic heterocycles. The molecule has 15 heavy (non-hydrogen) atoms. The lowest BCUT2D eigenvalue weighted by Crippen LogP contribution is -2.31. The molecule has 0 spiro atoms. The SMILES string of the molecule is CCCCCC1C(C)NC(=O)N1C=C=O. The Morgan fingerprint density at radius 2 is 2.27 bits per heavy atom. The maximum Gasteiger partial charge on any atom is 0.322 e. The lowest BCUT2D eigenvalue weighted by Gasteiger charge is -2.20. The highest BCUT2D eigenvalue weighted by Gasteiger charge is 2.34. The molecule has 0 aromatic carbocycles. The zero-order chi connectivity index (χ0) is 11.3. The molecule has 0 aliphatic carbocycles. The van der Waals surface area contributed by atoms with E-state index in [9.17, 15) is 9.59 Å². The third-order valence-electron chi connectivity index (χ3n) is 2.82. The monoisotopic (exact) mass is 210 g/mol. The molecular formula is C11H18N2O2. The third-order valence-corrected chi connectivity index (χ3v) is 2.82. The quantitative estimate of drug-likeness (QED) is 0.554. The van der Waals surface area contributed by atoms with Gasteiger partial charge in [-0.1, -0.05) is 26.2 Å². The van der Waals surface area contributed by atoms with Crippen molar-refractivity contribution in [3.8, 4) is 0 Å². The van der Waals surface area contributed by atoms with E-state index in [1.165, 1.54) is 11.1 Å². The van der Waals surface area contributed by atoms with Crippen molar-refractivity contribution in [3.05, 3.63) is 6.20 Å². The summed E-state index contributed by atoms with van der Waals surface area (Å²) in [4.78, 5) is 23.2. The van der Waals surface area contributed by atoms with E-state index >= 15 is 0 Å². The maximum atomic E-state index is 11.4. The van der Waals surface area contributed by atoms with Crippen molar-refractivity contribution in [1.82, 2.24) is 10.2 Å². The molecule has 1 rings (SSSR count). The summed E-state index contributed by atoms with van der Waals surface area (Å²) < 4.78 is 0. The molecule has 2 amide bonds. The average Bonchev–Trinajstić information content (AvgIpc) is 2.45. The minimum Gasteiger partial charge on any atom is -0.333 e. The number of hydrogen-bond donors (Lipinski definition) is 1. The molecule has 1 saturated heterocycles. The Bertz CT molecular complexity index is 272. The Labute approximate surface area is 90.3 Å². The second-order valence-electron chi connectivity index (χ2n) is 3.96. The van der Waals surface area contributed by atoms with Crippen LogP contribution in [-0.4, -0.2) is 29.0 Å². The van der Waals surface area contributed by atoms with Gasteiger partial charge in [-0.3, -0.25) is 4.90 Å². The average molecular weight is 210 g/mol. The summed E-state index contributed by atoms with van der Waals surface area (Å²) in [7, 11) is 0. The van der Waals surface area contributed by atoms with Crippen LogP contribution in [0.25, 0.3) is 0 Å². The molecule has 4 nitrogen and oxygen atoms in total. The van der Waals surface area contributed by atoms with Crippen molar-refractivity contribution in [1.29, 1.82) is 0 Å². The number of carbonyl (C=O) groups is 1. The first-order valence-electron chi connectivity index (χ1n) is 5.50. The lowest BCUT2D eigenvalue weighted by atomic mass is 10.0. The topological polar surface area (TPSA) is 49.4 Å². The second kappa shape index (κ2) is 5.56. The minimum atomic E-state index is -0.188. The van der Waals surface area contributed by atoms with Gasteiger partial charge in [0.05, 0.1) is 12.2 Å². The maximum absolute atomic E-state index is 11.4. The van der Waals surface area contributed by atoms with Gasteiger partial charge < -0.3 is 5.32 Å². The molecule has 1 aliphatic rings. The van der Waals surface area contributed by atoms with Crippen LogP contribution in [0.4, 0.5) is 4.79 Å². The van der Waals surface area contributed by atoms with E-state index in [1.807, 2.05) is 6.92 Å². The van der Waals surface area contributed by atoms with Gasteiger partial charge in [-0.05, 0) is 13.3 Å². The first kappa shape index (κ1) is 11.8. The fourth-order valence-electron chi connectivity index (χ4n) is 1.96. The van der Waals surface area contributed by atoms with Crippen molar-refractivity contribution in [2.45, 2.75) is 51.6 Å². The van der Waals surface area contributed by atoms with E-state index < -0.39 is 0 Å². The Hall–Kier alpha value is -1.28. The van der Waals surface area contributed by atoms with Crippen molar-refractivity contribution < 1.29 is 9.59 Å². The van der Waals surface area contributed by atoms with Gasteiger partial charge in [-0.15, -0.1) is 0 Å². The van der Waals surface area contributed by atoms with Crippen molar-refractivity contribution >= 4 is 12.0 Å². The molecule has 1 N–H and O–H groups in total. The van der Waals surface area contributed by atoms with Crippen molar-refractivity contribution in [2.75, 3.05) is 0 Å². The molecule has 84 valence electrons. The molecule has 1 aliphatic heterocycles. The number of carbonyl (C=O) groups excluding carboxylic acids is 2. The van der Waals surface area contributed by atoms with E-state index in [0.717, 1.165) is 25.7 Å². The molecule has 1 fully saturated rings. The van der Waals surface area contributed by atoms with Gasteiger partial charge in [-0.2, -0.15) is 0 Å². The van der Waals surface area contributed by atoms with Crippen LogP contribution in [0.3, 0.4) is 0 Å². The van der Waals surface area contributed by atoms with E-state index in [2.05, 4.69) is 12.2 Å². The van der Waals surface area contributed by atoms with Crippen molar-refractivity contribution in [2.24, 2.45) is 0 Å². The number of nitrogens with zero attached hydrogens (tertiary/aromatic N) is 1. The molecule has 0 radical (unpaired) electrons. The summed E-state index contributed by atoms with van der Waals surface area (Å²) in [5.41, 5.74) is 0. The lowest BCUT2D eigenvalue weighted by molar-refractivity contribution is 0.221. The molecule has 0 saturated carbocycles. The molecule has 2 unspecified atom stereocenters. The number of nitrogens with one attached hydrogen (secondary N) is 1. The first-order valence-corrected chi connectivity index (χ1v) is 5.50. The van der Waals surface area contributed by atoms with Gasteiger partial charge in [0, 0.05) is 6.04 Å². The van der Waals surface area contributed by atoms with Crippen LogP contribution in [0.15, 0.2) is 6.20 Å². The molecule has 2 atom stereocenters. The summed E-state index contributed by atoms with van der Waals surface area (Å²) in [6.45, 7) is 4.11. The van der Waals surface area contributed by atoms with Crippen LogP contribution in [0.5, 0.6) is 0 Å². The van der Waals surface area contributed by atoms with Gasteiger partial charge in [0.2, 0.25) is 0 Å². The summed E-state index contributed by atoms with van der Waals surface area (Å²) in [6.07, 6.45) is 5.55. The standard InChI is InChI=1S/C11H18N2O2/c1-3-4-5-6-10-9(2)12-11(15)13(10)7-8-14/h7,9-10H,3-6H2,1-2H3,(H,12,15). The highest BCUT2D eigenvalue weighted by atomic mass is 16.2. The summed E-state index contributed by atoms with van der Waals surface area (Å²) in [5, 5.41) is 2.81. The first-order chi connectivity index (χ1) is 7.20. The minimum absolute atomic E-state index is 0.102. The number of rotatable bonds is 5. The predicted octanol–water partition coefficient (Wildman–Crippen LogP) is 1.69. The van der Waals surface area contributed by atoms with E-state index in [-0.39, 0.29) is 18.1 Å². The van der Waals surface area contributed by atoms with Gasteiger partial charge in [0.15, 0.2) is 0 Å². The zero-order valence-electron chi connectivity index (χ0n) is 9.32. The highest BCUT2D eigenvalue weighted by molar-refractivity contribution is 5.80. The Balaban J connectivity index is 2.57. The van der Waals surface area contributed by atoms with Gasteiger partial charge >= 0.3 is 6.03 Å². The summed E-state index contributed by atoms with van der Waals surface area (Å²) >= 11 is 0. The number of unbranched alkanes of at least 4 members (excludes halogenated alkanes) is 2. The third kappa shape index (κ3) is 2.83. The van der Waals surface area contributed by atoms with Crippen LogP contribution in [-0.2, 0) is 4.79 Å². The van der Waals surface area contributed by atoms with E-state index in [0.29, 0.717) is 0 Å². The molecular weight excluding hydrogens is 192 g/mol. The molecule has 0 bridgehead atoms. The largest absolute Gasteiger partial charge is 0.333 e. The predicted molar refractivity (Wildman–Crippen MR) is 58.0 cm³/mol. The number of urea groups is 1. The van der Waals surface area contributed by atoms with Gasteiger partial charge in [0.1, 0.15) is 5.94 Å². The van der Waals surface area contributed by atoms with E-state index in [1.54, 1.807) is 5.94 Å². The second-order valence-corrected chi connectivity index (χ2v) is 3.96. The summed E-state index contributed by atoms with van der Waals surface area (Å²) in [6, 6.07) is 0.0248. The smallest absolute Gasteiger partial charge is 0.322 e. The normalized spacial score (nSPS) is 24.9. The van der Waals surface area contributed by atoms with E-state index in [4.69, 9.17) is 0 Å². The zero-order valence-corrected chi connectivity index (χ0v) is 9.32. The van der Waals surface area contributed by atoms with Crippen LogP contribution >= 0.6 is 0 Å². The molecule has 1 heterocycles. The van der Waals surface area contributed by atoms with Gasteiger partial charge in [-0.25, -0.2) is 9.59 Å². The Morgan fingerprint density at radius 3 is 2.87 bits per heavy atom.